The van der Waals surface area contributed by atoms with Crippen LogP contribution >= 0.6 is 23.2 Å². The van der Waals surface area contributed by atoms with E-state index in [4.69, 9.17) is 34.0 Å². The first-order valence-electron chi connectivity index (χ1n) is 6.20. The zero-order valence-electron chi connectivity index (χ0n) is 11.1. The molecule has 0 fully saturated rings. The predicted molar refractivity (Wildman–Crippen MR) is 81.6 cm³/mol. The fraction of sp³-hybridized carbons (Fsp3) is 0.500. The van der Waals surface area contributed by atoms with E-state index in [0.29, 0.717) is 18.7 Å². The molecule has 0 radical (unpaired) electrons. The Hall–Kier alpha value is -0.530. The third-order valence-corrected chi connectivity index (χ3v) is 5.55. The molecule has 5 nitrogen and oxygen atoms in total. The maximum Gasteiger partial charge on any atom is 0.246 e. The summed E-state index contributed by atoms with van der Waals surface area (Å²) in [5.74, 6) is 0. The Balaban J connectivity index is 3.26. The summed E-state index contributed by atoms with van der Waals surface area (Å²) in [6.07, 6.45) is 1.52. The number of aliphatic hydroxyl groups is 1. The molecule has 3 N–H and O–H groups in total. The second-order valence-electron chi connectivity index (χ2n) is 4.29. The van der Waals surface area contributed by atoms with Gasteiger partial charge in [-0.1, -0.05) is 36.5 Å². The first-order chi connectivity index (χ1) is 9.34. The third-order valence-electron chi connectivity index (χ3n) is 2.73. The fourth-order valence-electron chi connectivity index (χ4n) is 1.75. The predicted octanol–water partition coefficient (Wildman–Crippen LogP) is 2.36. The van der Waals surface area contributed by atoms with Gasteiger partial charge < -0.3 is 10.8 Å². The molecule has 0 amide bonds. The highest BCUT2D eigenvalue weighted by Gasteiger charge is 2.28. The molecule has 0 heterocycles. The lowest BCUT2D eigenvalue weighted by atomic mass is 10.3. The minimum absolute atomic E-state index is 0.000627. The van der Waals surface area contributed by atoms with Gasteiger partial charge in [0.05, 0.1) is 16.7 Å². The van der Waals surface area contributed by atoms with Crippen molar-refractivity contribution in [2.45, 2.75) is 24.7 Å². The van der Waals surface area contributed by atoms with Crippen molar-refractivity contribution < 1.29 is 13.5 Å². The number of hydrogen-bond acceptors (Lipinski definition) is 4. The van der Waals surface area contributed by atoms with Gasteiger partial charge >= 0.3 is 0 Å². The highest BCUT2D eigenvalue weighted by atomic mass is 35.5. The number of hydrogen-bond donors (Lipinski definition) is 2. The number of nitrogens with zero attached hydrogens (tertiary/aromatic N) is 1. The van der Waals surface area contributed by atoms with Crippen molar-refractivity contribution in [3.63, 3.8) is 0 Å². The van der Waals surface area contributed by atoms with Gasteiger partial charge in [0.25, 0.3) is 0 Å². The maximum atomic E-state index is 12.6. The number of halogens is 2. The Morgan fingerprint density at radius 3 is 2.25 bits per heavy atom. The molecule has 0 saturated carbocycles. The number of nitrogen functional groups attached to an aromatic ring is 1. The molecule has 0 aliphatic carbocycles. The summed E-state index contributed by atoms with van der Waals surface area (Å²) in [4.78, 5) is -0.167. The van der Waals surface area contributed by atoms with Gasteiger partial charge in [0.1, 0.15) is 4.90 Å². The Morgan fingerprint density at radius 2 is 1.80 bits per heavy atom. The van der Waals surface area contributed by atoms with E-state index in [-0.39, 0.29) is 28.1 Å². The van der Waals surface area contributed by atoms with Crippen LogP contribution in [0.15, 0.2) is 17.0 Å². The van der Waals surface area contributed by atoms with E-state index in [1.54, 1.807) is 0 Å². The van der Waals surface area contributed by atoms with E-state index in [0.717, 1.165) is 6.42 Å². The fourth-order valence-corrected chi connectivity index (χ4v) is 4.40. The Kier molecular flexibility index (Phi) is 6.54. The Bertz CT molecular complexity index is 541. The van der Waals surface area contributed by atoms with Gasteiger partial charge in [-0.05, 0) is 18.6 Å². The average Bonchev–Trinajstić information content (AvgIpc) is 2.32. The summed E-state index contributed by atoms with van der Waals surface area (Å²) < 4.78 is 26.4. The summed E-state index contributed by atoms with van der Waals surface area (Å²) >= 11 is 11.9. The Labute approximate surface area is 129 Å². The van der Waals surface area contributed by atoms with Gasteiger partial charge in [-0.25, -0.2) is 8.42 Å². The number of rotatable bonds is 7. The van der Waals surface area contributed by atoms with Crippen molar-refractivity contribution >= 4 is 38.9 Å². The lowest BCUT2D eigenvalue weighted by Gasteiger charge is -2.22. The average molecular weight is 341 g/mol. The number of benzene rings is 1. The second-order valence-corrected chi connectivity index (χ2v) is 6.98. The van der Waals surface area contributed by atoms with E-state index < -0.39 is 10.0 Å². The quantitative estimate of drug-likeness (QED) is 0.746. The van der Waals surface area contributed by atoms with Gasteiger partial charge in [-0.2, -0.15) is 4.31 Å². The van der Waals surface area contributed by atoms with Crippen LogP contribution in [0.5, 0.6) is 0 Å². The van der Waals surface area contributed by atoms with E-state index in [1.165, 1.54) is 16.4 Å². The summed E-state index contributed by atoms with van der Waals surface area (Å²) in [5.41, 5.74) is 5.86. The van der Waals surface area contributed by atoms with E-state index in [2.05, 4.69) is 0 Å². The summed E-state index contributed by atoms with van der Waals surface area (Å²) in [6, 6.07) is 2.69. The van der Waals surface area contributed by atoms with Crippen LogP contribution in [0.2, 0.25) is 10.0 Å². The Morgan fingerprint density at radius 1 is 1.25 bits per heavy atom. The number of aliphatic hydroxyl groups excluding tert-OH is 1. The molecule has 0 spiro atoms. The van der Waals surface area contributed by atoms with Crippen LogP contribution in [0.4, 0.5) is 5.69 Å². The maximum absolute atomic E-state index is 12.6. The van der Waals surface area contributed by atoms with Crippen LogP contribution in [0.3, 0.4) is 0 Å². The monoisotopic (exact) mass is 340 g/mol. The molecule has 20 heavy (non-hydrogen) atoms. The van der Waals surface area contributed by atoms with E-state index >= 15 is 0 Å². The SMILES string of the molecule is CCCCN(CCO)S(=O)(=O)c1c(Cl)cc(N)cc1Cl. The van der Waals surface area contributed by atoms with Crippen molar-refractivity contribution in [3.8, 4) is 0 Å². The van der Waals surface area contributed by atoms with E-state index in [1.807, 2.05) is 6.92 Å². The normalized spacial score (nSPS) is 12.1. The third kappa shape index (κ3) is 3.99. The first kappa shape index (κ1) is 17.5. The zero-order chi connectivity index (χ0) is 15.3. The van der Waals surface area contributed by atoms with Crippen molar-refractivity contribution in [2.75, 3.05) is 25.4 Å². The molecule has 8 heteroatoms. The molecule has 1 rings (SSSR count). The van der Waals surface area contributed by atoms with Gasteiger partial charge in [0, 0.05) is 18.8 Å². The molecule has 1 aromatic rings. The molecule has 0 aliphatic rings. The number of anilines is 1. The highest BCUT2D eigenvalue weighted by Crippen LogP contribution is 2.33. The molecule has 0 atom stereocenters. The van der Waals surface area contributed by atoms with Crippen LogP contribution < -0.4 is 5.73 Å². The minimum atomic E-state index is -3.86. The number of unbranched alkanes of at least 4 members (excludes halogenated alkanes) is 1. The smallest absolute Gasteiger partial charge is 0.246 e. The summed E-state index contributed by atoms with van der Waals surface area (Å²) in [6.45, 7) is 1.98. The lowest BCUT2D eigenvalue weighted by Crippen LogP contribution is -2.34. The van der Waals surface area contributed by atoms with Crippen LogP contribution in [0.25, 0.3) is 0 Å². The molecular weight excluding hydrogens is 323 g/mol. The molecule has 114 valence electrons. The van der Waals surface area contributed by atoms with Crippen molar-refractivity contribution in [2.24, 2.45) is 0 Å². The molecule has 0 saturated heterocycles. The van der Waals surface area contributed by atoms with Crippen LogP contribution in [-0.4, -0.2) is 37.5 Å². The molecular formula is C12H18Cl2N2O3S. The van der Waals surface area contributed by atoms with Gasteiger partial charge in [-0.15, -0.1) is 0 Å². The largest absolute Gasteiger partial charge is 0.399 e. The number of nitrogens with two attached hydrogens (primary N) is 1. The summed E-state index contributed by atoms with van der Waals surface area (Å²) in [5, 5.41) is 9.00. The topological polar surface area (TPSA) is 83.6 Å². The van der Waals surface area contributed by atoms with Crippen molar-refractivity contribution in [1.29, 1.82) is 0 Å². The highest BCUT2D eigenvalue weighted by molar-refractivity contribution is 7.89. The van der Waals surface area contributed by atoms with Gasteiger partial charge in [0.15, 0.2) is 0 Å². The molecule has 0 aromatic heterocycles. The molecule has 0 bridgehead atoms. The van der Waals surface area contributed by atoms with E-state index in [9.17, 15) is 8.42 Å². The van der Waals surface area contributed by atoms with Gasteiger partial charge in [-0.3, -0.25) is 0 Å². The number of sulfonamides is 1. The van der Waals surface area contributed by atoms with Gasteiger partial charge in [0.2, 0.25) is 10.0 Å². The molecule has 1 aromatic carbocycles. The van der Waals surface area contributed by atoms with Crippen molar-refractivity contribution in [3.05, 3.63) is 22.2 Å². The molecule has 0 unspecified atom stereocenters. The minimum Gasteiger partial charge on any atom is -0.399 e. The summed E-state index contributed by atoms with van der Waals surface area (Å²) in [7, 11) is -3.86. The first-order valence-corrected chi connectivity index (χ1v) is 8.39. The standard InChI is InChI=1S/C12H18Cl2N2O3S/c1-2-3-4-16(5-6-17)20(18,19)12-10(13)7-9(15)8-11(12)14/h7-8,17H,2-6,15H2,1H3. The van der Waals surface area contributed by atoms with Crippen LogP contribution in [0.1, 0.15) is 19.8 Å². The zero-order valence-corrected chi connectivity index (χ0v) is 13.5. The second kappa shape index (κ2) is 7.47. The van der Waals surface area contributed by atoms with Crippen molar-refractivity contribution in [1.82, 2.24) is 4.31 Å². The lowest BCUT2D eigenvalue weighted by molar-refractivity contribution is 0.252. The van der Waals surface area contributed by atoms with Crippen LogP contribution in [0, 0.1) is 0 Å². The molecule has 0 aliphatic heterocycles. The van der Waals surface area contributed by atoms with Crippen LogP contribution in [-0.2, 0) is 10.0 Å².